The lowest BCUT2D eigenvalue weighted by atomic mass is 9.61. The van der Waals surface area contributed by atoms with Crippen LogP contribution in [-0.4, -0.2) is 33.3 Å². The maximum atomic E-state index is 13.5. The Kier molecular flexibility index (Phi) is 6.33. The van der Waals surface area contributed by atoms with E-state index < -0.39 is 41.0 Å². The number of amides is 2. The number of hydrogen-bond acceptors (Lipinski definition) is 5. The average molecular weight is 444 g/mol. The lowest BCUT2D eigenvalue weighted by Gasteiger charge is -2.44. The summed E-state index contributed by atoms with van der Waals surface area (Å²) in [5, 5.41) is 16.9. The van der Waals surface area contributed by atoms with E-state index in [4.69, 9.17) is 0 Å². The van der Waals surface area contributed by atoms with E-state index >= 15 is 0 Å². The van der Waals surface area contributed by atoms with Crippen LogP contribution < -0.4 is 10.6 Å². The first kappa shape index (κ1) is 22.4. The molecular formula is C26H25N3O4. The number of hydrogen-bond donors (Lipinski definition) is 3. The Labute approximate surface area is 191 Å². The van der Waals surface area contributed by atoms with Gasteiger partial charge in [-0.15, -0.1) is 0 Å². The zero-order valence-electron chi connectivity index (χ0n) is 18.1. The minimum absolute atomic E-state index is 0.311. The van der Waals surface area contributed by atoms with Crippen molar-refractivity contribution in [2.45, 2.75) is 24.9 Å². The molecule has 0 aliphatic heterocycles. The predicted octanol–water partition coefficient (Wildman–Crippen LogP) is 3.40. The van der Waals surface area contributed by atoms with Crippen molar-refractivity contribution in [3.8, 4) is 0 Å². The summed E-state index contributed by atoms with van der Waals surface area (Å²) < 4.78 is 0. The molecule has 1 aromatic heterocycles. The van der Waals surface area contributed by atoms with E-state index in [0.29, 0.717) is 16.9 Å². The molecule has 4 rings (SSSR count). The molecule has 7 nitrogen and oxygen atoms in total. The lowest BCUT2D eigenvalue weighted by molar-refractivity contribution is -0.150. The van der Waals surface area contributed by atoms with E-state index in [1.807, 2.05) is 12.1 Å². The highest BCUT2D eigenvalue weighted by Gasteiger charge is 2.55. The monoisotopic (exact) mass is 443 g/mol. The Morgan fingerprint density at radius 1 is 0.879 bits per heavy atom. The molecule has 3 N–H and O–H groups in total. The number of ketones is 1. The van der Waals surface area contributed by atoms with Gasteiger partial charge in [0.2, 0.25) is 11.8 Å². The number of anilines is 2. The van der Waals surface area contributed by atoms with Gasteiger partial charge in [0.15, 0.2) is 0 Å². The number of Topliss-reactive ketones (excluding diaryl/α,β-unsaturated/α-hetero) is 1. The topological polar surface area (TPSA) is 108 Å². The van der Waals surface area contributed by atoms with Crippen molar-refractivity contribution < 1.29 is 19.5 Å². The molecule has 4 unspecified atom stereocenters. The molecule has 168 valence electrons. The van der Waals surface area contributed by atoms with Gasteiger partial charge in [0.05, 0.1) is 11.5 Å². The minimum Gasteiger partial charge on any atom is -0.389 e. The summed E-state index contributed by atoms with van der Waals surface area (Å²) in [7, 11) is 0. The minimum atomic E-state index is -1.65. The number of rotatable bonds is 5. The third-order valence-corrected chi connectivity index (χ3v) is 6.01. The Bertz CT molecular complexity index is 1130. The molecule has 0 saturated heterocycles. The van der Waals surface area contributed by atoms with Crippen molar-refractivity contribution in [2.24, 2.45) is 11.8 Å². The number of para-hydroxylation sites is 2. The maximum absolute atomic E-state index is 13.5. The van der Waals surface area contributed by atoms with Crippen molar-refractivity contribution in [1.82, 2.24) is 4.98 Å². The van der Waals surface area contributed by atoms with Gasteiger partial charge in [0, 0.05) is 36.1 Å². The van der Waals surface area contributed by atoms with Crippen LogP contribution in [0.1, 0.15) is 24.8 Å². The van der Waals surface area contributed by atoms with E-state index in [1.165, 1.54) is 6.92 Å². The van der Waals surface area contributed by atoms with E-state index in [-0.39, 0.29) is 6.42 Å². The van der Waals surface area contributed by atoms with Crippen molar-refractivity contribution in [3.63, 3.8) is 0 Å². The van der Waals surface area contributed by atoms with Crippen LogP contribution >= 0.6 is 0 Å². The zero-order chi connectivity index (χ0) is 23.4. The quantitative estimate of drug-likeness (QED) is 0.524. The molecule has 2 aromatic carbocycles. The van der Waals surface area contributed by atoms with Gasteiger partial charge < -0.3 is 15.7 Å². The largest absolute Gasteiger partial charge is 0.389 e. The van der Waals surface area contributed by atoms with Crippen LogP contribution in [0.15, 0.2) is 85.2 Å². The third-order valence-electron chi connectivity index (χ3n) is 6.01. The van der Waals surface area contributed by atoms with Gasteiger partial charge in [-0.25, -0.2) is 0 Å². The number of nitrogens with zero attached hydrogens (tertiary/aromatic N) is 1. The fourth-order valence-corrected chi connectivity index (χ4v) is 4.56. The molecule has 1 fully saturated rings. The Morgan fingerprint density at radius 2 is 1.39 bits per heavy atom. The Hall–Kier alpha value is -3.84. The molecular weight excluding hydrogens is 418 g/mol. The normalized spacial score (nSPS) is 24.7. The SMILES string of the molecule is CC1(O)CC(=O)C(C(=O)Nc2ccccc2)C(c2ccncc2)C1C(=O)Nc1ccccc1. The van der Waals surface area contributed by atoms with Crippen molar-refractivity contribution in [1.29, 1.82) is 0 Å². The summed E-state index contributed by atoms with van der Waals surface area (Å²) in [5.41, 5.74) is 0.0491. The summed E-state index contributed by atoms with van der Waals surface area (Å²) in [5.74, 6) is -4.47. The molecule has 4 atom stereocenters. The Balaban J connectivity index is 1.74. The van der Waals surface area contributed by atoms with Gasteiger partial charge in [-0.3, -0.25) is 19.4 Å². The fourth-order valence-electron chi connectivity index (χ4n) is 4.56. The van der Waals surface area contributed by atoms with Crippen molar-refractivity contribution in [3.05, 3.63) is 90.8 Å². The maximum Gasteiger partial charge on any atom is 0.235 e. The molecule has 7 heteroatoms. The highest BCUT2D eigenvalue weighted by molar-refractivity contribution is 6.10. The molecule has 0 bridgehead atoms. The van der Waals surface area contributed by atoms with Gasteiger partial charge in [-0.2, -0.15) is 0 Å². The summed E-state index contributed by atoms with van der Waals surface area (Å²) in [4.78, 5) is 44.0. The number of pyridine rings is 1. The number of benzene rings is 2. The second-order valence-corrected chi connectivity index (χ2v) is 8.47. The molecule has 2 amide bonds. The second-order valence-electron chi connectivity index (χ2n) is 8.47. The summed E-state index contributed by atoms with van der Waals surface area (Å²) >= 11 is 0. The van der Waals surface area contributed by atoms with Crippen molar-refractivity contribution >= 4 is 29.0 Å². The molecule has 1 aliphatic rings. The van der Waals surface area contributed by atoms with E-state index in [2.05, 4.69) is 15.6 Å². The van der Waals surface area contributed by atoms with Crippen LogP contribution in [0.4, 0.5) is 11.4 Å². The lowest BCUT2D eigenvalue weighted by Crippen LogP contribution is -2.56. The van der Waals surface area contributed by atoms with Crippen LogP contribution in [-0.2, 0) is 14.4 Å². The highest BCUT2D eigenvalue weighted by atomic mass is 16.3. The molecule has 33 heavy (non-hydrogen) atoms. The third kappa shape index (κ3) is 4.83. The standard InChI is InChI=1S/C26H25N3O4/c1-26(33)16-20(30)22(24(31)28-18-8-4-2-5-9-18)21(17-12-14-27-15-13-17)23(26)25(32)29-19-10-6-3-7-11-19/h2-15,21-23,33H,16H2,1H3,(H,28,31)(H,29,32). The second kappa shape index (κ2) is 9.34. The van der Waals surface area contributed by atoms with E-state index in [9.17, 15) is 19.5 Å². The first-order valence-corrected chi connectivity index (χ1v) is 10.7. The van der Waals surface area contributed by atoms with Gasteiger partial charge in [-0.05, 0) is 48.9 Å². The molecule has 1 saturated carbocycles. The molecule has 0 spiro atoms. The number of aromatic nitrogens is 1. The predicted molar refractivity (Wildman–Crippen MR) is 124 cm³/mol. The van der Waals surface area contributed by atoms with Crippen LogP contribution in [0.2, 0.25) is 0 Å². The van der Waals surface area contributed by atoms with Crippen molar-refractivity contribution in [2.75, 3.05) is 10.6 Å². The fraction of sp³-hybridized carbons (Fsp3) is 0.231. The molecule has 0 radical (unpaired) electrons. The molecule has 1 aliphatic carbocycles. The first-order chi connectivity index (χ1) is 15.9. The van der Waals surface area contributed by atoms with E-state index in [1.54, 1.807) is 73.1 Å². The van der Waals surface area contributed by atoms with Gasteiger partial charge in [0.1, 0.15) is 11.7 Å². The first-order valence-electron chi connectivity index (χ1n) is 10.7. The Morgan fingerprint density at radius 3 is 1.94 bits per heavy atom. The number of nitrogens with one attached hydrogen (secondary N) is 2. The highest BCUT2D eigenvalue weighted by Crippen LogP contribution is 2.46. The summed E-state index contributed by atoms with van der Waals surface area (Å²) in [6, 6.07) is 21.0. The van der Waals surface area contributed by atoms with Crippen LogP contribution in [0.5, 0.6) is 0 Å². The smallest absolute Gasteiger partial charge is 0.235 e. The molecule has 3 aromatic rings. The zero-order valence-corrected chi connectivity index (χ0v) is 18.1. The summed E-state index contributed by atoms with van der Waals surface area (Å²) in [6.07, 6.45) is 2.78. The number of aliphatic hydroxyl groups is 1. The molecule has 1 heterocycles. The number of carbonyl (C=O) groups excluding carboxylic acids is 3. The van der Waals surface area contributed by atoms with Crippen LogP contribution in [0.3, 0.4) is 0 Å². The van der Waals surface area contributed by atoms with Gasteiger partial charge in [-0.1, -0.05) is 36.4 Å². The van der Waals surface area contributed by atoms with E-state index in [0.717, 1.165) is 0 Å². The summed E-state index contributed by atoms with van der Waals surface area (Å²) in [6.45, 7) is 1.47. The number of carbonyl (C=O) groups is 3. The van der Waals surface area contributed by atoms with Crippen LogP contribution in [0.25, 0.3) is 0 Å². The van der Waals surface area contributed by atoms with Gasteiger partial charge in [0.25, 0.3) is 0 Å². The average Bonchev–Trinajstić information content (AvgIpc) is 2.79. The van der Waals surface area contributed by atoms with Crippen LogP contribution in [0, 0.1) is 11.8 Å². The van der Waals surface area contributed by atoms with Gasteiger partial charge >= 0.3 is 0 Å².